The van der Waals surface area contributed by atoms with Crippen LogP contribution < -0.4 is 10.1 Å². The zero-order valence-electron chi connectivity index (χ0n) is 17.2. The van der Waals surface area contributed by atoms with Gasteiger partial charge in [-0.3, -0.25) is 15.1 Å². The highest BCUT2D eigenvalue weighted by atomic mass is 19.2. The summed E-state index contributed by atoms with van der Waals surface area (Å²) in [7, 11) is 3.02. The van der Waals surface area contributed by atoms with Gasteiger partial charge in [-0.25, -0.2) is 32.9 Å². The number of hydrogen-bond acceptors (Lipinski definition) is 5. The van der Waals surface area contributed by atoms with Crippen LogP contribution in [0.15, 0.2) is 28.2 Å². The van der Waals surface area contributed by atoms with Gasteiger partial charge in [0.25, 0.3) is 0 Å². The minimum absolute atomic E-state index is 0.0943. The maximum Gasteiger partial charge on any atom is 0.330 e. The number of carbonyl (C=O) groups is 1. The summed E-state index contributed by atoms with van der Waals surface area (Å²) in [5.41, 5.74) is 1.92. The molecule has 3 heterocycles. The fourth-order valence-corrected chi connectivity index (χ4v) is 3.51. The van der Waals surface area contributed by atoms with Gasteiger partial charge in [0.2, 0.25) is 17.8 Å². The van der Waals surface area contributed by atoms with Crippen molar-refractivity contribution in [1.82, 2.24) is 20.1 Å². The van der Waals surface area contributed by atoms with Crippen molar-refractivity contribution in [1.29, 1.82) is 0 Å². The molecule has 0 spiro atoms. The second-order valence-electron chi connectivity index (χ2n) is 7.17. The Bertz CT molecular complexity index is 1130. The molecule has 2 amide bonds. The summed E-state index contributed by atoms with van der Waals surface area (Å²) in [6.07, 6.45) is 0. The van der Waals surface area contributed by atoms with Crippen molar-refractivity contribution < 1.29 is 22.7 Å². The van der Waals surface area contributed by atoms with Crippen LogP contribution in [0.3, 0.4) is 0 Å². The van der Waals surface area contributed by atoms with Crippen LogP contribution in [-0.4, -0.2) is 53.4 Å². The van der Waals surface area contributed by atoms with E-state index in [1.165, 1.54) is 19.1 Å². The van der Waals surface area contributed by atoms with Gasteiger partial charge in [-0.2, -0.15) is 0 Å². The Morgan fingerprint density at radius 3 is 2.52 bits per heavy atom. The number of fused-ring (bicyclic) bond motifs is 1. The normalized spacial score (nSPS) is 19.5. The van der Waals surface area contributed by atoms with E-state index in [4.69, 9.17) is 4.74 Å². The van der Waals surface area contributed by atoms with E-state index in [0.717, 1.165) is 17.7 Å². The van der Waals surface area contributed by atoms with Crippen molar-refractivity contribution in [3.8, 4) is 5.88 Å². The lowest BCUT2D eigenvalue weighted by Gasteiger charge is -2.36. The van der Waals surface area contributed by atoms with Crippen LogP contribution in [-0.2, 0) is 0 Å². The molecule has 0 saturated carbocycles. The summed E-state index contributed by atoms with van der Waals surface area (Å²) in [5.74, 6) is -3.33. The van der Waals surface area contributed by atoms with Crippen LogP contribution in [0, 0.1) is 31.3 Å². The van der Waals surface area contributed by atoms with E-state index in [1.54, 1.807) is 24.8 Å². The van der Waals surface area contributed by atoms with Crippen molar-refractivity contribution in [3.63, 3.8) is 0 Å². The van der Waals surface area contributed by atoms with Gasteiger partial charge in [-0.15, -0.1) is 0 Å². The van der Waals surface area contributed by atoms with E-state index >= 15 is 0 Å². The lowest BCUT2D eigenvalue weighted by atomic mass is 10.1. The largest absolute Gasteiger partial charge is 0.481 e. The Morgan fingerprint density at radius 2 is 1.87 bits per heavy atom. The molecule has 1 aromatic heterocycles. The fraction of sp³-hybridized carbons (Fsp3) is 0.300. The van der Waals surface area contributed by atoms with Crippen molar-refractivity contribution in [3.05, 3.63) is 52.5 Å². The summed E-state index contributed by atoms with van der Waals surface area (Å²) < 4.78 is 46.4. The zero-order valence-corrected chi connectivity index (χ0v) is 17.2. The van der Waals surface area contributed by atoms with Crippen molar-refractivity contribution in [2.45, 2.75) is 19.9 Å². The number of urea groups is 1. The van der Waals surface area contributed by atoms with Crippen LogP contribution in [0.4, 0.5) is 23.7 Å². The number of pyridine rings is 1. The van der Waals surface area contributed by atoms with Crippen LogP contribution in [0.2, 0.25) is 0 Å². The highest BCUT2D eigenvalue weighted by Crippen LogP contribution is 2.32. The molecule has 0 aliphatic carbocycles. The SMILES string of the molecule is COc1nc(C)c(N=C2NC(=O)N(C)C3=NCC(c4cc(F)c(F)c(F)c4)N23)cc1C. The number of aliphatic imine (C=N–C) groups is 2. The number of aryl methyl sites for hydroxylation is 2. The van der Waals surface area contributed by atoms with Gasteiger partial charge in [0.15, 0.2) is 17.5 Å². The van der Waals surface area contributed by atoms with Gasteiger partial charge >= 0.3 is 6.03 Å². The molecule has 2 aliphatic heterocycles. The zero-order chi connectivity index (χ0) is 22.4. The highest BCUT2D eigenvalue weighted by molar-refractivity contribution is 6.16. The van der Waals surface area contributed by atoms with E-state index in [1.807, 2.05) is 0 Å². The van der Waals surface area contributed by atoms with Crippen LogP contribution in [0.1, 0.15) is 22.9 Å². The van der Waals surface area contributed by atoms with Crippen molar-refractivity contribution >= 4 is 23.6 Å². The predicted octanol–water partition coefficient (Wildman–Crippen LogP) is 3.18. The minimum atomic E-state index is -1.55. The molecule has 1 unspecified atom stereocenters. The molecule has 1 aromatic carbocycles. The van der Waals surface area contributed by atoms with Gasteiger partial charge in [0.05, 0.1) is 31.1 Å². The molecular weight excluding hydrogens is 413 g/mol. The van der Waals surface area contributed by atoms with Crippen LogP contribution >= 0.6 is 0 Å². The molecule has 31 heavy (non-hydrogen) atoms. The molecular formula is C20H19F3N6O2. The quantitative estimate of drug-likeness (QED) is 0.756. The Kier molecular flexibility index (Phi) is 5.03. The highest BCUT2D eigenvalue weighted by Gasteiger charge is 2.41. The number of amides is 2. The van der Waals surface area contributed by atoms with E-state index in [2.05, 4.69) is 20.3 Å². The third-order valence-electron chi connectivity index (χ3n) is 5.13. The number of carbonyl (C=O) groups excluding carboxylic acids is 1. The average molecular weight is 432 g/mol. The molecule has 1 atom stereocenters. The summed E-state index contributed by atoms with van der Waals surface area (Å²) in [5, 5.41) is 2.66. The molecule has 1 fully saturated rings. The van der Waals surface area contributed by atoms with Crippen LogP contribution in [0.5, 0.6) is 5.88 Å². The Balaban J connectivity index is 1.81. The average Bonchev–Trinajstić information content (AvgIpc) is 3.17. The monoisotopic (exact) mass is 432 g/mol. The fourth-order valence-electron chi connectivity index (χ4n) is 3.51. The summed E-state index contributed by atoms with van der Waals surface area (Å²) >= 11 is 0. The molecule has 1 saturated heterocycles. The number of benzene rings is 1. The lowest BCUT2D eigenvalue weighted by Crippen LogP contribution is -2.61. The first-order valence-corrected chi connectivity index (χ1v) is 9.35. The van der Waals surface area contributed by atoms with E-state index < -0.39 is 29.5 Å². The summed E-state index contributed by atoms with van der Waals surface area (Å²) in [6, 6.07) is 2.41. The summed E-state index contributed by atoms with van der Waals surface area (Å²) in [6.45, 7) is 3.63. The number of guanidine groups is 2. The number of aromatic nitrogens is 1. The molecule has 162 valence electrons. The lowest BCUT2D eigenvalue weighted by molar-refractivity contribution is 0.222. The molecule has 11 heteroatoms. The van der Waals surface area contributed by atoms with Gasteiger partial charge in [0, 0.05) is 12.6 Å². The maximum atomic E-state index is 13.9. The Labute approximate surface area is 176 Å². The molecule has 0 radical (unpaired) electrons. The Morgan fingerprint density at radius 1 is 1.19 bits per heavy atom. The van der Waals surface area contributed by atoms with Gasteiger partial charge in [-0.1, -0.05) is 0 Å². The topological polar surface area (TPSA) is 82.4 Å². The number of nitrogens with zero attached hydrogens (tertiary/aromatic N) is 5. The Hall–Kier alpha value is -3.63. The molecule has 2 aliphatic rings. The molecule has 4 rings (SSSR count). The molecule has 0 bridgehead atoms. The second-order valence-corrected chi connectivity index (χ2v) is 7.17. The minimum Gasteiger partial charge on any atom is -0.481 e. The number of rotatable bonds is 3. The van der Waals surface area contributed by atoms with Gasteiger partial charge in [-0.05, 0) is 37.6 Å². The first-order valence-electron chi connectivity index (χ1n) is 9.35. The summed E-state index contributed by atoms with van der Waals surface area (Å²) in [4.78, 5) is 28.4. The molecule has 1 N–H and O–H groups in total. The molecule has 8 nitrogen and oxygen atoms in total. The second kappa shape index (κ2) is 7.56. The van der Waals surface area contributed by atoms with E-state index in [-0.39, 0.29) is 24.0 Å². The van der Waals surface area contributed by atoms with Gasteiger partial charge < -0.3 is 4.74 Å². The third-order valence-corrected chi connectivity index (χ3v) is 5.13. The van der Waals surface area contributed by atoms with Crippen molar-refractivity contribution in [2.24, 2.45) is 9.98 Å². The van der Waals surface area contributed by atoms with E-state index in [0.29, 0.717) is 17.3 Å². The number of nitrogens with one attached hydrogen (secondary N) is 1. The maximum absolute atomic E-state index is 13.9. The number of hydrogen-bond donors (Lipinski definition) is 1. The molecule has 2 aromatic rings. The van der Waals surface area contributed by atoms with Gasteiger partial charge in [0.1, 0.15) is 0 Å². The number of halogens is 3. The van der Waals surface area contributed by atoms with E-state index in [9.17, 15) is 18.0 Å². The predicted molar refractivity (Wildman–Crippen MR) is 107 cm³/mol. The third kappa shape index (κ3) is 3.45. The first kappa shape index (κ1) is 20.6. The first-order chi connectivity index (χ1) is 14.7. The standard InChI is InChI=1S/C20H19F3N6O2/c1-9-5-14(10(2)25-17(9)31-4)26-18-27-20(30)28(3)19-24-8-15(29(18)19)11-6-12(21)16(23)13(22)7-11/h5-7,15H,8H2,1-4H3,(H,26,27,30). The number of ether oxygens (including phenoxy) is 1. The smallest absolute Gasteiger partial charge is 0.330 e. The van der Waals surface area contributed by atoms with Crippen molar-refractivity contribution in [2.75, 3.05) is 20.7 Å². The number of methoxy groups -OCH3 is 1. The van der Waals surface area contributed by atoms with Crippen LogP contribution in [0.25, 0.3) is 0 Å².